The molecule has 88 valence electrons. The second kappa shape index (κ2) is 4.67. The molecule has 1 aromatic rings. The summed E-state index contributed by atoms with van der Waals surface area (Å²) in [7, 11) is 0. The van der Waals surface area contributed by atoms with Crippen LogP contribution in [0.1, 0.15) is 11.1 Å². The zero-order valence-corrected chi connectivity index (χ0v) is 9.37. The molecule has 1 aromatic carbocycles. The number of hydrogen-bond acceptors (Lipinski definition) is 2. The molecule has 1 heterocycles. The average Bonchev–Trinajstić information content (AvgIpc) is 2.14. The standard InChI is InChI=1S/C11H12F3NS/c12-11(13,14)9-3-1-2-8(4-9)7-16-10-5-15-6-10/h1-4,10,15H,5-7H2. The summed E-state index contributed by atoms with van der Waals surface area (Å²) < 4.78 is 37.3. The number of halogens is 3. The SMILES string of the molecule is FC(F)(F)c1cccc(CSC2CNC2)c1. The van der Waals surface area contributed by atoms with E-state index >= 15 is 0 Å². The third-order valence-electron chi connectivity index (χ3n) is 2.48. The van der Waals surface area contributed by atoms with Crippen molar-refractivity contribution in [3.05, 3.63) is 35.4 Å². The first-order valence-electron chi connectivity index (χ1n) is 5.04. The van der Waals surface area contributed by atoms with E-state index in [1.165, 1.54) is 12.1 Å². The molecule has 0 radical (unpaired) electrons. The van der Waals surface area contributed by atoms with Crippen molar-refractivity contribution >= 4 is 11.8 Å². The Kier molecular flexibility index (Phi) is 3.44. The second-order valence-electron chi connectivity index (χ2n) is 3.79. The number of hydrogen-bond donors (Lipinski definition) is 1. The van der Waals surface area contributed by atoms with Gasteiger partial charge in [0.2, 0.25) is 0 Å². The maximum absolute atomic E-state index is 12.4. The fourth-order valence-corrected chi connectivity index (χ4v) is 2.51. The number of alkyl halides is 3. The number of benzene rings is 1. The van der Waals surface area contributed by atoms with Crippen molar-refractivity contribution in [2.24, 2.45) is 0 Å². The van der Waals surface area contributed by atoms with Crippen molar-refractivity contribution in [2.45, 2.75) is 17.2 Å². The van der Waals surface area contributed by atoms with Crippen molar-refractivity contribution in [3.8, 4) is 0 Å². The van der Waals surface area contributed by atoms with Crippen LogP contribution in [0.25, 0.3) is 0 Å². The normalized spacial score (nSPS) is 17.2. The van der Waals surface area contributed by atoms with Crippen LogP contribution in [0.4, 0.5) is 13.2 Å². The fourth-order valence-electron chi connectivity index (χ4n) is 1.43. The van der Waals surface area contributed by atoms with E-state index in [9.17, 15) is 13.2 Å². The Morgan fingerprint density at radius 2 is 2.06 bits per heavy atom. The summed E-state index contributed by atoms with van der Waals surface area (Å²) >= 11 is 1.71. The van der Waals surface area contributed by atoms with Crippen LogP contribution in [-0.4, -0.2) is 18.3 Å². The molecule has 16 heavy (non-hydrogen) atoms. The molecule has 1 aliphatic heterocycles. The lowest BCUT2D eigenvalue weighted by atomic mass is 10.1. The van der Waals surface area contributed by atoms with Crippen LogP contribution in [0.15, 0.2) is 24.3 Å². The van der Waals surface area contributed by atoms with Gasteiger partial charge in [-0.15, -0.1) is 0 Å². The first kappa shape index (κ1) is 11.8. The van der Waals surface area contributed by atoms with Gasteiger partial charge in [-0.2, -0.15) is 24.9 Å². The predicted molar refractivity (Wildman–Crippen MR) is 59.4 cm³/mol. The van der Waals surface area contributed by atoms with Gasteiger partial charge in [-0.25, -0.2) is 0 Å². The van der Waals surface area contributed by atoms with E-state index in [1.54, 1.807) is 17.8 Å². The molecule has 1 N–H and O–H groups in total. The van der Waals surface area contributed by atoms with Gasteiger partial charge in [0.1, 0.15) is 0 Å². The van der Waals surface area contributed by atoms with E-state index in [2.05, 4.69) is 5.32 Å². The minimum Gasteiger partial charge on any atom is -0.314 e. The Hall–Kier alpha value is -0.680. The highest BCUT2D eigenvalue weighted by atomic mass is 32.2. The van der Waals surface area contributed by atoms with E-state index in [-0.39, 0.29) is 0 Å². The number of rotatable bonds is 3. The lowest BCUT2D eigenvalue weighted by Gasteiger charge is -2.26. The molecular formula is C11H12F3NS. The summed E-state index contributed by atoms with van der Waals surface area (Å²) in [6.45, 7) is 1.92. The third-order valence-corrected chi connectivity index (χ3v) is 3.79. The van der Waals surface area contributed by atoms with E-state index in [0.29, 0.717) is 11.0 Å². The maximum Gasteiger partial charge on any atom is 0.416 e. The molecule has 5 heteroatoms. The maximum atomic E-state index is 12.4. The summed E-state index contributed by atoms with van der Waals surface area (Å²) in [5.41, 5.74) is 0.184. The topological polar surface area (TPSA) is 12.0 Å². The minimum atomic E-state index is -4.24. The van der Waals surface area contributed by atoms with Crippen LogP contribution in [0.2, 0.25) is 0 Å². The molecule has 0 saturated carbocycles. The zero-order chi connectivity index (χ0) is 11.6. The van der Waals surface area contributed by atoms with E-state index < -0.39 is 11.7 Å². The smallest absolute Gasteiger partial charge is 0.314 e. The first-order valence-corrected chi connectivity index (χ1v) is 6.09. The second-order valence-corrected chi connectivity index (χ2v) is 5.08. The highest BCUT2D eigenvalue weighted by Crippen LogP contribution is 2.30. The van der Waals surface area contributed by atoms with Crippen molar-refractivity contribution < 1.29 is 13.2 Å². The van der Waals surface area contributed by atoms with Crippen LogP contribution in [-0.2, 0) is 11.9 Å². The molecule has 2 rings (SSSR count). The minimum absolute atomic E-state index is 0.551. The third kappa shape index (κ3) is 2.92. The van der Waals surface area contributed by atoms with Crippen LogP contribution in [0.3, 0.4) is 0 Å². The van der Waals surface area contributed by atoms with Gasteiger partial charge in [0, 0.05) is 24.1 Å². The molecule has 1 aliphatic rings. The molecule has 0 unspecified atom stereocenters. The van der Waals surface area contributed by atoms with Gasteiger partial charge in [0.05, 0.1) is 5.56 Å². The van der Waals surface area contributed by atoms with E-state index in [0.717, 1.165) is 24.7 Å². The fraction of sp³-hybridized carbons (Fsp3) is 0.455. The van der Waals surface area contributed by atoms with Crippen LogP contribution < -0.4 is 5.32 Å². The Balaban J connectivity index is 1.98. The summed E-state index contributed by atoms with van der Waals surface area (Å²) in [6.07, 6.45) is -4.24. The van der Waals surface area contributed by atoms with Gasteiger partial charge in [0.25, 0.3) is 0 Å². The molecule has 0 atom stereocenters. The van der Waals surface area contributed by atoms with Gasteiger partial charge in [-0.1, -0.05) is 18.2 Å². The Bertz CT molecular complexity index is 360. The van der Waals surface area contributed by atoms with Gasteiger partial charge in [-0.3, -0.25) is 0 Å². The first-order chi connectivity index (χ1) is 7.55. The Morgan fingerprint density at radius 3 is 2.62 bits per heavy atom. The molecule has 0 aliphatic carbocycles. The Labute approximate surface area is 96.4 Å². The number of thioether (sulfide) groups is 1. The summed E-state index contributed by atoms with van der Waals surface area (Å²) in [6, 6.07) is 5.56. The molecule has 1 saturated heterocycles. The number of nitrogens with one attached hydrogen (secondary N) is 1. The van der Waals surface area contributed by atoms with E-state index in [1.807, 2.05) is 0 Å². The summed E-state index contributed by atoms with van der Waals surface area (Å²) in [4.78, 5) is 0. The Morgan fingerprint density at radius 1 is 1.31 bits per heavy atom. The molecule has 0 amide bonds. The van der Waals surface area contributed by atoms with Crippen molar-refractivity contribution in [1.29, 1.82) is 0 Å². The molecule has 1 fully saturated rings. The monoisotopic (exact) mass is 247 g/mol. The summed E-state index contributed by atoms with van der Waals surface area (Å²) in [5, 5.41) is 3.68. The predicted octanol–water partition coefficient (Wildman–Crippen LogP) is 2.91. The summed E-state index contributed by atoms with van der Waals surface area (Å²) in [5.74, 6) is 0.649. The van der Waals surface area contributed by atoms with Gasteiger partial charge in [-0.05, 0) is 11.6 Å². The quantitative estimate of drug-likeness (QED) is 0.881. The van der Waals surface area contributed by atoms with Crippen molar-refractivity contribution in [1.82, 2.24) is 5.32 Å². The van der Waals surface area contributed by atoms with Gasteiger partial charge >= 0.3 is 6.18 Å². The molecule has 1 nitrogen and oxygen atoms in total. The average molecular weight is 247 g/mol. The largest absolute Gasteiger partial charge is 0.416 e. The van der Waals surface area contributed by atoms with Crippen LogP contribution >= 0.6 is 11.8 Å². The van der Waals surface area contributed by atoms with Crippen molar-refractivity contribution in [2.75, 3.05) is 13.1 Å². The van der Waals surface area contributed by atoms with Gasteiger partial charge < -0.3 is 5.32 Å². The lowest BCUT2D eigenvalue weighted by Crippen LogP contribution is -2.44. The van der Waals surface area contributed by atoms with E-state index in [4.69, 9.17) is 0 Å². The van der Waals surface area contributed by atoms with Crippen molar-refractivity contribution in [3.63, 3.8) is 0 Å². The molecular weight excluding hydrogens is 235 g/mol. The molecule has 0 aromatic heterocycles. The van der Waals surface area contributed by atoms with Crippen LogP contribution in [0, 0.1) is 0 Å². The molecule has 0 bridgehead atoms. The van der Waals surface area contributed by atoms with Gasteiger partial charge in [0.15, 0.2) is 0 Å². The highest BCUT2D eigenvalue weighted by molar-refractivity contribution is 7.99. The molecule has 0 spiro atoms. The lowest BCUT2D eigenvalue weighted by molar-refractivity contribution is -0.137. The zero-order valence-electron chi connectivity index (χ0n) is 8.55. The van der Waals surface area contributed by atoms with Crippen LogP contribution in [0.5, 0.6) is 0 Å². The highest BCUT2D eigenvalue weighted by Gasteiger charge is 2.30.